The van der Waals surface area contributed by atoms with Crippen LogP contribution in [-0.4, -0.2) is 58.9 Å². The van der Waals surface area contributed by atoms with Gasteiger partial charge >= 0.3 is 0 Å². The zero-order valence-corrected chi connectivity index (χ0v) is 13.4. The molecule has 6 nitrogen and oxygen atoms in total. The average molecular weight is 308 g/mol. The number of hydrogen-bond donors (Lipinski definition) is 1. The van der Waals surface area contributed by atoms with Crippen LogP contribution in [0.5, 0.6) is 5.75 Å². The number of pyridine rings is 1. The third kappa shape index (κ3) is 4.68. The van der Waals surface area contributed by atoms with Gasteiger partial charge in [0.05, 0.1) is 30.4 Å². The number of carbonyl (C=O) groups is 1. The molecule has 0 aliphatic carbocycles. The minimum atomic E-state index is -1.02. The minimum Gasteiger partial charge on any atom is -0.490 e. The van der Waals surface area contributed by atoms with Gasteiger partial charge < -0.3 is 19.5 Å². The number of methoxy groups -OCH3 is 1. The number of ether oxygens (including phenoxy) is 2. The second-order valence-corrected chi connectivity index (χ2v) is 6.28. The fraction of sp³-hybridized carbons (Fsp3) is 0.625. The Bertz CT molecular complexity index is 487. The summed E-state index contributed by atoms with van der Waals surface area (Å²) in [5, 5.41) is 9.85. The van der Waals surface area contributed by atoms with E-state index >= 15 is 0 Å². The summed E-state index contributed by atoms with van der Waals surface area (Å²) >= 11 is 0. The van der Waals surface area contributed by atoms with Crippen LogP contribution < -0.4 is 4.74 Å². The van der Waals surface area contributed by atoms with Gasteiger partial charge in [-0.15, -0.1) is 0 Å². The lowest BCUT2D eigenvalue weighted by Crippen LogP contribution is -2.42. The molecule has 0 saturated carbocycles. The van der Waals surface area contributed by atoms with E-state index in [2.05, 4.69) is 4.98 Å². The van der Waals surface area contributed by atoms with Crippen LogP contribution in [0.2, 0.25) is 0 Å². The molecule has 1 aromatic rings. The first-order valence-electron chi connectivity index (χ1n) is 7.46. The van der Waals surface area contributed by atoms with Crippen molar-refractivity contribution in [2.75, 3.05) is 20.3 Å². The number of amides is 1. The van der Waals surface area contributed by atoms with E-state index in [9.17, 15) is 9.90 Å². The van der Waals surface area contributed by atoms with Crippen LogP contribution in [0.3, 0.4) is 0 Å². The molecule has 1 amide bonds. The van der Waals surface area contributed by atoms with Crippen molar-refractivity contribution < 1.29 is 19.4 Å². The van der Waals surface area contributed by atoms with Gasteiger partial charge in [-0.25, -0.2) is 0 Å². The molecule has 1 aliphatic rings. The molecule has 0 bridgehead atoms. The van der Waals surface area contributed by atoms with Gasteiger partial charge in [0.15, 0.2) is 0 Å². The molecule has 1 aliphatic heterocycles. The molecule has 0 radical (unpaired) electrons. The molecule has 1 fully saturated rings. The van der Waals surface area contributed by atoms with Crippen molar-refractivity contribution in [2.24, 2.45) is 0 Å². The zero-order valence-electron chi connectivity index (χ0n) is 13.4. The summed E-state index contributed by atoms with van der Waals surface area (Å²) in [7, 11) is 1.65. The standard InChI is InChI=1S/C16H24N2O4/c1-16(2,20)8-15(19)18-10-14(21-3)7-12(18)11-22-13-5-4-6-17-9-13/h4-6,9,12,14,20H,7-8,10-11H2,1-3H3/t12-,14+/m0/s1. The number of carbonyl (C=O) groups excluding carboxylic acids is 1. The topological polar surface area (TPSA) is 71.9 Å². The molecule has 1 aromatic heterocycles. The summed E-state index contributed by atoms with van der Waals surface area (Å²) in [6, 6.07) is 3.58. The quantitative estimate of drug-likeness (QED) is 0.856. The third-order valence-electron chi connectivity index (χ3n) is 3.69. The molecule has 1 N–H and O–H groups in total. The highest BCUT2D eigenvalue weighted by molar-refractivity contribution is 5.78. The van der Waals surface area contributed by atoms with E-state index in [1.54, 1.807) is 44.3 Å². The van der Waals surface area contributed by atoms with Gasteiger partial charge in [-0.3, -0.25) is 9.78 Å². The van der Waals surface area contributed by atoms with E-state index in [1.807, 2.05) is 6.07 Å². The Hall–Kier alpha value is -1.66. The maximum Gasteiger partial charge on any atom is 0.225 e. The second kappa shape index (κ2) is 7.07. The van der Waals surface area contributed by atoms with Crippen molar-refractivity contribution in [2.45, 2.75) is 44.4 Å². The van der Waals surface area contributed by atoms with Crippen LogP contribution in [0.25, 0.3) is 0 Å². The molecule has 2 atom stereocenters. The molecule has 2 heterocycles. The van der Waals surface area contributed by atoms with Gasteiger partial charge in [-0.1, -0.05) is 0 Å². The van der Waals surface area contributed by atoms with Crippen LogP contribution in [0, 0.1) is 0 Å². The van der Waals surface area contributed by atoms with Crippen molar-refractivity contribution >= 4 is 5.91 Å². The third-order valence-corrected chi connectivity index (χ3v) is 3.69. The smallest absolute Gasteiger partial charge is 0.225 e. The Kier molecular flexibility index (Phi) is 5.37. The van der Waals surface area contributed by atoms with Crippen molar-refractivity contribution in [1.82, 2.24) is 9.88 Å². The largest absolute Gasteiger partial charge is 0.490 e. The molecule has 0 spiro atoms. The number of rotatable bonds is 6. The molecule has 22 heavy (non-hydrogen) atoms. The van der Waals surface area contributed by atoms with Gasteiger partial charge in [0, 0.05) is 19.9 Å². The lowest BCUT2D eigenvalue weighted by molar-refractivity contribution is -0.137. The fourth-order valence-corrected chi connectivity index (χ4v) is 2.60. The van der Waals surface area contributed by atoms with Crippen LogP contribution >= 0.6 is 0 Å². The van der Waals surface area contributed by atoms with Crippen LogP contribution in [0.15, 0.2) is 24.5 Å². The fourth-order valence-electron chi connectivity index (χ4n) is 2.60. The SMILES string of the molecule is CO[C@@H]1C[C@@H](COc2cccnc2)N(C(=O)CC(C)(C)O)C1. The van der Waals surface area contributed by atoms with E-state index in [0.29, 0.717) is 18.9 Å². The Labute approximate surface area is 131 Å². The molecular formula is C16H24N2O4. The van der Waals surface area contributed by atoms with Crippen molar-refractivity contribution in [3.05, 3.63) is 24.5 Å². The molecule has 122 valence electrons. The monoisotopic (exact) mass is 308 g/mol. The number of likely N-dealkylation sites (tertiary alicyclic amines) is 1. The summed E-state index contributed by atoms with van der Waals surface area (Å²) in [4.78, 5) is 18.1. The summed E-state index contributed by atoms with van der Waals surface area (Å²) in [5.41, 5.74) is -1.02. The Balaban J connectivity index is 1.98. The number of nitrogens with zero attached hydrogens (tertiary/aromatic N) is 2. The molecule has 2 rings (SSSR count). The highest BCUT2D eigenvalue weighted by Gasteiger charge is 2.37. The Morgan fingerprint density at radius 3 is 2.91 bits per heavy atom. The van der Waals surface area contributed by atoms with Crippen LogP contribution in [-0.2, 0) is 9.53 Å². The molecule has 0 unspecified atom stereocenters. The lowest BCUT2D eigenvalue weighted by Gasteiger charge is -2.27. The zero-order chi connectivity index (χ0) is 16.2. The van der Waals surface area contributed by atoms with Crippen molar-refractivity contribution in [3.63, 3.8) is 0 Å². The van der Waals surface area contributed by atoms with Crippen molar-refractivity contribution in [3.8, 4) is 5.75 Å². The first-order valence-corrected chi connectivity index (χ1v) is 7.46. The van der Waals surface area contributed by atoms with E-state index in [1.165, 1.54) is 0 Å². The first-order chi connectivity index (χ1) is 10.4. The summed E-state index contributed by atoms with van der Waals surface area (Å²) in [6.45, 7) is 4.20. The van der Waals surface area contributed by atoms with Gasteiger partial charge in [0.25, 0.3) is 0 Å². The highest BCUT2D eigenvalue weighted by atomic mass is 16.5. The Morgan fingerprint density at radius 1 is 1.55 bits per heavy atom. The number of hydrogen-bond acceptors (Lipinski definition) is 5. The maximum atomic E-state index is 12.4. The highest BCUT2D eigenvalue weighted by Crippen LogP contribution is 2.23. The minimum absolute atomic E-state index is 0.00764. The molecule has 0 aromatic carbocycles. The molecule has 1 saturated heterocycles. The van der Waals surface area contributed by atoms with Gasteiger partial charge in [-0.05, 0) is 32.4 Å². The summed E-state index contributed by atoms with van der Waals surface area (Å²) in [5.74, 6) is 0.602. The van der Waals surface area contributed by atoms with Gasteiger partial charge in [0.2, 0.25) is 5.91 Å². The second-order valence-electron chi connectivity index (χ2n) is 6.28. The van der Waals surface area contributed by atoms with Crippen molar-refractivity contribution in [1.29, 1.82) is 0 Å². The maximum absolute atomic E-state index is 12.4. The predicted octanol–water partition coefficient (Wildman–Crippen LogP) is 1.24. The number of aliphatic hydroxyl groups is 1. The summed E-state index contributed by atoms with van der Waals surface area (Å²) < 4.78 is 11.1. The first kappa shape index (κ1) is 16.7. The summed E-state index contributed by atoms with van der Waals surface area (Å²) in [6.07, 6.45) is 4.16. The lowest BCUT2D eigenvalue weighted by atomic mass is 10.0. The van der Waals surface area contributed by atoms with Crippen LogP contribution in [0.4, 0.5) is 0 Å². The van der Waals surface area contributed by atoms with Crippen LogP contribution in [0.1, 0.15) is 26.7 Å². The molecular weight excluding hydrogens is 284 g/mol. The predicted molar refractivity (Wildman–Crippen MR) is 81.6 cm³/mol. The average Bonchev–Trinajstić information content (AvgIpc) is 2.88. The normalized spacial score (nSPS) is 21.9. The number of aromatic nitrogens is 1. The van der Waals surface area contributed by atoms with E-state index in [4.69, 9.17) is 9.47 Å². The van der Waals surface area contributed by atoms with Gasteiger partial charge in [0.1, 0.15) is 12.4 Å². The van der Waals surface area contributed by atoms with Gasteiger partial charge in [-0.2, -0.15) is 0 Å². The Morgan fingerprint density at radius 2 is 2.32 bits per heavy atom. The van der Waals surface area contributed by atoms with E-state index in [0.717, 1.165) is 6.42 Å². The van der Waals surface area contributed by atoms with E-state index < -0.39 is 5.60 Å². The molecule has 6 heteroatoms. The van der Waals surface area contributed by atoms with E-state index in [-0.39, 0.29) is 24.5 Å².